The second-order valence-corrected chi connectivity index (χ2v) is 7.68. The number of nitrogens with zero attached hydrogens (tertiary/aromatic N) is 1. The topological polar surface area (TPSA) is 37.4 Å². The van der Waals surface area contributed by atoms with Crippen molar-refractivity contribution < 1.29 is 12.8 Å². The standard InChI is InChI=1S/C17H18FNO2S/c1-19(17-11-8-14-4-2-3-5-16(14)17)22(20,21)12-13-6-9-15(18)10-7-13/h2-7,9-10,17H,8,11-12H2,1H3/t17-/m1/s1. The van der Waals surface area contributed by atoms with E-state index in [9.17, 15) is 12.8 Å². The summed E-state index contributed by atoms with van der Waals surface area (Å²) in [6.07, 6.45) is 1.70. The fourth-order valence-electron chi connectivity index (χ4n) is 3.00. The van der Waals surface area contributed by atoms with Crippen molar-refractivity contribution in [2.45, 2.75) is 24.6 Å². The van der Waals surface area contributed by atoms with Gasteiger partial charge in [0.2, 0.25) is 10.0 Å². The Morgan fingerprint density at radius 2 is 1.82 bits per heavy atom. The first-order chi connectivity index (χ1) is 10.5. The molecule has 0 saturated carbocycles. The minimum absolute atomic E-state index is 0.109. The lowest BCUT2D eigenvalue weighted by molar-refractivity contribution is 0.374. The minimum atomic E-state index is -3.44. The predicted octanol–water partition coefficient (Wildman–Crippen LogP) is 3.27. The lowest BCUT2D eigenvalue weighted by Crippen LogP contribution is -2.31. The smallest absolute Gasteiger partial charge is 0.212 e. The van der Waals surface area contributed by atoms with E-state index in [0.717, 1.165) is 18.4 Å². The predicted molar refractivity (Wildman–Crippen MR) is 84.3 cm³/mol. The van der Waals surface area contributed by atoms with E-state index in [2.05, 4.69) is 6.07 Å². The molecule has 0 spiro atoms. The van der Waals surface area contributed by atoms with Gasteiger partial charge >= 0.3 is 0 Å². The van der Waals surface area contributed by atoms with Crippen molar-refractivity contribution >= 4 is 10.0 Å². The van der Waals surface area contributed by atoms with E-state index in [4.69, 9.17) is 0 Å². The average Bonchev–Trinajstić information content (AvgIpc) is 2.92. The third-order valence-electron chi connectivity index (χ3n) is 4.24. The van der Waals surface area contributed by atoms with Crippen LogP contribution in [-0.4, -0.2) is 19.8 Å². The van der Waals surface area contributed by atoms with Gasteiger partial charge < -0.3 is 0 Å². The molecule has 22 heavy (non-hydrogen) atoms. The van der Waals surface area contributed by atoms with Crippen LogP contribution in [0, 0.1) is 5.82 Å². The Labute approximate surface area is 130 Å². The number of fused-ring (bicyclic) bond motifs is 1. The Kier molecular flexibility index (Phi) is 4.02. The molecule has 0 bridgehead atoms. The molecule has 116 valence electrons. The van der Waals surface area contributed by atoms with Gasteiger partial charge in [0.15, 0.2) is 0 Å². The monoisotopic (exact) mass is 319 g/mol. The van der Waals surface area contributed by atoms with Crippen LogP contribution in [-0.2, 0) is 22.2 Å². The first kappa shape index (κ1) is 15.2. The zero-order chi connectivity index (χ0) is 15.7. The molecule has 0 heterocycles. The summed E-state index contributed by atoms with van der Waals surface area (Å²) in [5, 5.41) is 0. The van der Waals surface area contributed by atoms with Crippen molar-refractivity contribution in [1.82, 2.24) is 4.31 Å². The number of aryl methyl sites for hydroxylation is 1. The van der Waals surface area contributed by atoms with Crippen LogP contribution in [0.3, 0.4) is 0 Å². The first-order valence-electron chi connectivity index (χ1n) is 7.25. The van der Waals surface area contributed by atoms with Gasteiger partial charge in [0.05, 0.1) is 5.75 Å². The van der Waals surface area contributed by atoms with Crippen LogP contribution in [0.2, 0.25) is 0 Å². The molecular formula is C17H18FNO2S. The molecule has 1 atom stereocenters. The largest absolute Gasteiger partial charge is 0.218 e. The zero-order valence-electron chi connectivity index (χ0n) is 12.4. The fraction of sp³-hybridized carbons (Fsp3) is 0.294. The van der Waals surface area contributed by atoms with Gasteiger partial charge in [-0.05, 0) is 41.7 Å². The van der Waals surface area contributed by atoms with Crippen LogP contribution in [0.5, 0.6) is 0 Å². The van der Waals surface area contributed by atoms with E-state index in [1.54, 1.807) is 7.05 Å². The highest BCUT2D eigenvalue weighted by atomic mass is 32.2. The molecule has 0 fully saturated rings. The summed E-state index contributed by atoms with van der Waals surface area (Å²) < 4.78 is 39.6. The SMILES string of the molecule is CN([C@@H]1CCc2ccccc21)S(=O)(=O)Cc1ccc(F)cc1. The molecule has 0 amide bonds. The second-order valence-electron chi connectivity index (χ2n) is 5.65. The number of rotatable bonds is 4. The maximum absolute atomic E-state index is 12.9. The van der Waals surface area contributed by atoms with Gasteiger partial charge in [0.25, 0.3) is 0 Å². The lowest BCUT2D eigenvalue weighted by Gasteiger charge is -2.24. The summed E-state index contributed by atoms with van der Waals surface area (Å²) >= 11 is 0. The molecule has 1 aliphatic carbocycles. The molecule has 5 heteroatoms. The highest BCUT2D eigenvalue weighted by Crippen LogP contribution is 2.36. The summed E-state index contributed by atoms with van der Waals surface area (Å²) in [5.74, 6) is -0.471. The lowest BCUT2D eigenvalue weighted by atomic mass is 10.1. The van der Waals surface area contributed by atoms with E-state index < -0.39 is 10.0 Å². The molecule has 0 saturated heterocycles. The Balaban J connectivity index is 1.82. The molecule has 3 nitrogen and oxygen atoms in total. The van der Waals surface area contributed by atoms with E-state index in [0.29, 0.717) is 5.56 Å². The highest BCUT2D eigenvalue weighted by Gasteiger charge is 2.32. The van der Waals surface area contributed by atoms with Gasteiger partial charge in [-0.2, -0.15) is 4.31 Å². The maximum Gasteiger partial charge on any atom is 0.218 e. The minimum Gasteiger partial charge on any atom is -0.212 e. The molecule has 0 N–H and O–H groups in total. The summed E-state index contributed by atoms with van der Waals surface area (Å²) in [6.45, 7) is 0. The van der Waals surface area contributed by atoms with E-state index >= 15 is 0 Å². The molecular weight excluding hydrogens is 301 g/mol. The van der Waals surface area contributed by atoms with Crippen molar-refractivity contribution in [1.29, 1.82) is 0 Å². The first-order valence-corrected chi connectivity index (χ1v) is 8.86. The van der Waals surface area contributed by atoms with Crippen molar-refractivity contribution in [2.24, 2.45) is 0 Å². The molecule has 0 aliphatic heterocycles. The van der Waals surface area contributed by atoms with Gasteiger partial charge in [0, 0.05) is 13.1 Å². The summed E-state index contributed by atoms with van der Waals surface area (Å²) in [5.41, 5.74) is 2.91. The van der Waals surface area contributed by atoms with Gasteiger partial charge in [-0.1, -0.05) is 36.4 Å². The summed E-state index contributed by atoms with van der Waals surface area (Å²) in [6, 6.07) is 13.5. The van der Waals surface area contributed by atoms with Crippen molar-refractivity contribution in [3.05, 3.63) is 71.0 Å². The molecule has 0 radical (unpaired) electrons. The number of sulfonamides is 1. The fourth-order valence-corrected chi connectivity index (χ4v) is 4.42. The normalized spacial score (nSPS) is 17.7. The van der Waals surface area contributed by atoms with E-state index in [1.165, 1.54) is 34.1 Å². The third kappa shape index (κ3) is 2.91. The van der Waals surface area contributed by atoms with E-state index in [-0.39, 0.29) is 17.6 Å². The molecule has 2 aromatic carbocycles. The Bertz CT molecular complexity index is 772. The number of benzene rings is 2. The van der Waals surface area contributed by atoms with E-state index in [1.807, 2.05) is 18.2 Å². The Morgan fingerprint density at radius 3 is 2.55 bits per heavy atom. The summed E-state index contributed by atoms with van der Waals surface area (Å²) in [7, 11) is -1.81. The number of hydrogen-bond acceptors (Lipinski definition) is 2. The van der Waals surface area contributed by atoms with Crippen LogP contribution in [0.15, 0.2) is 48.5 Å². The van der Waals surface area contributed by atoms with Crippen LogP contribution < -0.4 is 0 Å². The van der Waals surface area contributed by atoms with Crippen molar-refractivity contribution in [3.63, 3.8) is 0 Å². The molecule has 3 rings (SSSR count). The number of halogens is 1. The van der Waals surface area contributed by atoms with Gasteiger partial charge in [-0.15, -0.1) is 0 Å². The third-order valence-corrected chi connectivity index (χ3v) is 6.07. The zero-order valence-corrected chi connectivity index (χ0v) is 13.2. The average molecular weight is 319 g/mol. The summed E-state index contributed by atoms with van der Waals surface area (Å²) in [4.78, 5) is 0. The Hall–Kier alpha value is -1.72. The molecule has 0 unspecified atom stereocenters. The van der Waals surface area contributed by atoms with Gasteiger partial charge in [0.1, 0.15) is 5.82 Å². The van der Waals surface area contributed by atoms with Crippen LogP contribution >= 0.6 is 0 Å². The van der Waals surface area contributed by atoms with Gasteiger partial charge in [-0.3, -0.25) is 0 Å². The molecule has 0 aromatic heterocycles. The van der Waals surface area contributed by atoms with Gasteiger partial charge in [-0.25, -0.2) is 12.8 Å². The quantitative estimate of drug-likeness (QED) is 0.867. The highest BCUT2D eigenvalue weighted by molar-refractivity contribution is 7.88. The molecule has 2 aromatic rings. The number of hydrogen-bond donors (Lipinski definition) is 0. The van der Waals surface area contributed by atoms with Crippen molar-refractivity contribution in [3.8, 4) is 0 Å². The van der Waals surface area contributed by atoms with Crippen molar-refractivity contribution in [2.75, 3.05) is 7.05 Å². The van der Waals surface area contributed by atoms with Crippen LogP contribution in [0.25, 0.3) is 0 Å². The Morgan fingerprint density at radius 1 is 1.14 bits per heavy atom. The van der Waals surface area contributed by atoms with Crippen LogP contribution in [0.4, 0.5) is 4.39 Å². The van der Waals surface area contributed by atoms with Crippen LogP contribution in [0.1, 0.15) is 29.2 Å². The molecule has 1 aliphatic rings. The maximum atomic E-state index is 12.9. The second kappa shape index (κ2) is 5.82.